The summed E-state index contributed by atoms with van der Waals surface area (Å²) in [6.45, 7) is 2.38. The van der Waals surface area contributed by atoms with Crippen LogP contribution in [0.5, 0.6) is 0 Å². The predicted octanol–water partition coefficient (Wildman–Crippen LogP) is 5.81. The molecule has 2 heterocycles. The summed E-state index contributed by atoms with van der Waals surface area (Å²) in [5.74, 6) is -1.40. The van der Waals surface area contributed by atoms with Crippen molar-refractivity contribution in [3.05, 3.63) is 57.2 Å². The second kappa shape index (κ2) is 17.9. The molecule has 0 aliphatic carbocycles. The minimum absolute atomic E-state index is 0.150. The van der Waals surface area contributed by atoms with E-state index in [0.29, 0.717) is 19.4 Å². The molecule has 1 atom stereocenters. The smallest absolute Gasteiger partial charge is 0.333 e. The normalized spacial score (nSPS) is 15.9. The minimum atomic E-state index is -1.03. The van der Waals surface area contributed by atoms with Crippen LogP contribution in [0, 0.1) is 5.82 Å². The third-order valence-electron chi connectivity index (χ3n) is 6.28. The fourth-order valence-corrected chi connectivity index (χ4v) is 4.17. The Balaban J connectivity index is 1.54. The number of nitrogens with zero attached hydrogens (tertiary/aromatic N) is 2. The highest BCUT2D eigenvalue weighted by Crippen LogP contribution is 2.20. The molecule has 202 valence electrons. The molecule has 1 fully saturated rings. The highest BCUT2D eigenvalue weighted by molar-refractivity contribution is 5.69. The molecule has 0 bridgehead atoms. The van der Waals surface area contributed by atoms with Gasteiger partial charge in [-0.05, 0) is 51.4 Å². The van der Waals surface area contributed by atoms with E-state index in [1.54, 1.807) is 0 Å². The van der Waals surface area contributed by atoms with Crippen LogP contribution in [-0.2, 0) is 20.8 Å². The number of esters is 1. The van der Waals surface area contributed by atoms with Crippen molar-refractivity contribution in [2.24, 2.45) is 0 Å². The Morgan fingerprint density at radius 2 is 1.75 bits per heavy atom. The second-order valence-corrected chi connectivity index (χ2v) is 9.29. The number of carbonyl (C=O) groups is 1. The molecule has 1 aromatic rings. The van der Waals surface area contributed by atoms with E-state index < -0.39 is 23.3 Å². The van der Waals surface area contributed by atoms with Crippen LogP contribution in [0.1, 0.15) is 103 Å². The Morgan fingerprint density at radius 1 is 1.06 bits per heavy atom. The Bertz CT molecular complexity index is 944. The summed E-state index contributed by atoms with van der Waals surface area (Å²) in [4.78, 5) is 36.6. The van der Waals surface area contributed by atoms with Gasteiger partial charge in [-0.2, -0.15) is 4.39 Å². The predicted molar refractivity (Wildman–Crippen MR) is 139 cm³/mol. The van der Waals surface area contributed by atoms with Crippen molar-refractivity contribution >= 4 is 5.97 Å². The fraction of sp³-hybridized carbons (Fsp3) is 0.679. The molecule has 1 aromatic heterocycles. The van der Waals surface area contributed by atoms with E-state index in [2.05, 4.69) is 31.2 Å². The monoisotopic (exact) mass is 506 g/mol. The molecule has 36 heavy (non-hydrogen) atoms. The van der Waals surface area contributed by atoms with E-state index in [-0.39, 0.29) is 19.1 Å². The molecule has 0 unspecified atom stereocenters. The number of rotatable bonds is 18. The quantitative estimate of drug-likeness (QED) is 0.143. The molecule has 0 radical (unpaired) electrons. The number of hydrogen-bond donors (Lipinski definition) is 0. The number of allylic oxidation sites excluding steroid dienone is 4. The summed E-state index contributed by atoms with van der Waals surface area (Å²) in [6, 6.07) is 0. The maximum Gasteiger partial charge on any atom is 0.333 e. The SMILES string of the molecule is CCCCC/C=C\C/C=C\CCCCCCCC(=O)OCCn1c(=O)c(F)cn([C@H]2CCCO2)c1=O. The molecule has 8 heteroatoms. The maximum atomic E-state index is 14.0. The van der Waals surface area contributed by atoms with Crippen molar-refractivity contribution in [3.8, 4) is 0 Å². The molecule has 7 nitrogen and oxygen atoms in total. The Hall–Kier alpha value is -2.48. The molecular formula is C28H43FN2O5. The van der Waals surface area contributed by atoms with Gasteiger partial charge in [-0.3, -0.25) is 18.7 Å². The summed E-state index contributed by atoms with van der Waals surface area (Å²) in [7, 11) is 0. The lowest BCUT2D eigenvalue weighted by molar-refractivity contribution is -0.144. The first-order valence-corrected chi connectivity index (χ1v) is 13.6. The lowest BCUT2D eigenvalue weighted by Crippen LogP contribution is -2.43. The molecule has 2 rings (SSSR count). The maximum absolute atomic E-state index is 14.0. The van der Waals surface area contributed by atoms with Crippen molar-refractivity contribution in [3.63, 3.8) is 0 Å². The van der Waals surface area contributed by atoms with Gasteiger partial charge in [-0.1, -0.05) is 63.3 Å². The van der Waals surface area contributed by atoms with Crippen LogP contribution in [0.25, 0.3) is 0 Å². The molecule has 1 saturated heterocycles. The average Bonchev–Trinajstić information content (AvgIpc) is 3.40. The number of aromatic nitrogens is 2. The lowest BCUT2D eigenvalue weighted by Gasteiger charge is -2.15. The molecule has 0 N–H and O–H groups in total. The number of halogens is 1. The van der Waals surface area contributed by atoms with Crippen LogP contribution in [-0.4, -0.2) is 28.3 Å². The first-order chi connectivity index (χ1) is 17.5. The number of unbranched alkanes of at least 4 members (excludes halogenated alkanes) is 8. The largest absolute Gasteiger partial charge is 0.464 e. The highest BCUT2D eigenvalue weighted by Gasteiger charge is 2.22. The summed E-state index contributed by atoms with van der Waals surface area (Å²) in [6.07, 6.45) is 23.1. The van der Waals surface area contributed by atoms with Crippen LogP contribution < -0.4 is 11.2 Å². The summed E-state index contributed by atoms with van der Waals surface area (Å²) >= 11 is 0. The van der Waals surface area contributed by atoms with Crippen LogP contribution >= 0.6 is 0 Å². The summed E-state index contributed by atoms with van der Waals surface area (Å²) in [5.41, 5.74) is -1.67. The first-order valence-electron chi connectivity index (χ1n) is 13.6. The van der Waals surface area contributed by atoms with Crippen LogP contribution in [0.15, 0.2) is 40.1 Å². The van der Waals surface area contributed by atoms with E-state index in [1.165, 1.54) is 25.7 Å². The molecule has 0 spiro atoms. The molecule has 0 amide bonds. The zero-order chi connectivity index (χ0) is 26.0. The standard InChI is InChI=1S/C28H43FN2O5/c1-2-3-4-5-6-7-8-9-10-11-12-13-14-15-16-19-26(32)36-22-20-30-27(33)24(29)23-31(28(30)34)25-18-17-21-35-25/h6-7,9-10,23,25H,2-5,8,11-22H2,1H3/b7-6-,10-9-/t25-/m1/s1. The van der Waals surface area contributed by atoms with E-state index in [0.717, 1.165) is 66.7 Å². The van der Waals surface area contributed by atoms with Gasteiger partial charge >= 0.3 is 11.7 Å². The Kier molecular flexibility index (Phi) is 14.8. The van der Waals surface area contributed by atoms with E-state index in [1.807, 2.05) is 0 Å². The fourth-order valence-electron chi connectivity index (χ4n) is 4.17. The van der Waals surface area contributed by atoms with Crippen molar-refractivity contribution in [2.45, 2.75) is 110 Å². The highest BCUT2D eigenvalue weighted by atomic mass is 19.1. The topological polar surface area (TPSA) is 79.5 Å². The van der Waals surface area contributed by atoms with Crippen molar-refractivity contribution in [1.29, 1.82) is 0 Å². The van der Waals surface area contributed by atoms with E-state index >= 15 is 0 Å². The van der Waals surface area contributed by atoms with Gasteiger partial charge in [0.05, 0.1) is 12.7 Å². The van der Waals surface area contributed by atoms with Gasteiger partial charge in [0.2, 0.25) is 5.82 Å². The van der Waals surface area contributed by atoms with Crippen LogP contribution in [0.3, 0.4) is 0 Å². The van der Waals surface area contributed by atoms with Crippen molar-refractivity contribution in [1.82, 2.24) is 9.13 Å². The third kappa shape index (κ3) is 11.1. The van der Waals surface area contributed by atoms with Gasteiger partial charge in [-0.25, -0.2) is 4.79 Å². The first kappa shape index (κ1) is 29.7. The zero-order valence-corrected chi connectivity index (χ0v) is 21.8. The summed E-state index contributed by atoms with van der Waals surface area (Å²) in [5, 5.41) is 0. The molecule has 0 saturated carbocycles. The molecule has 0 aromatic carbocycles. The van der Waals surface area contributed by atoms with Crippen LogP contribution in [0.4, 0.5) is 4.39 Å². The Labute approximate surface area is 214 Å². The zero-order valence-electron chi connectivity index (χ0n) is 21.8. The van der Waals surface area contributed by atoms with Gasteiger partial charge in [0, 0.05) is 13.0 Å². The second-order valence-electron chi connectivity index (χ2n) is 9.29. The Morgan fingerprint density at radius 3 is 2.44 bits per heavy atom. The van der Waals surface area contributed by atoms with Gasteiger partial charge in [0.25, 0.3) is 5.56 Å². The molecule has 1 aliphatic heterocycles. The average molecular weight is 507 g/mol. The van der Waals surface area contributed by atoms with E-state index in [9.17, 15) is 18.8 Å². The third-order valence-corrected chi connectivity index (χ3v) is 6.28. The number of ether oxygens (including phenoxy) is 2. The lowest BCUT2D eigenvalue weighted by atomic mass is 10.1. The molecule has 1 aliphatic rings. The molecular weight excluding hydrogens is 463 g/mol. The summed E-state index contributed by atoms with van der Waals surface area (Å²) < 4.78 is 26.5. The number of carbonyl (C=O) groups excluding carboxylic acids is 1. The van der Waals surface area contributed by atoms with E-state index in [4.69, 9.17) is 9.47 Å². The van der Waals surface area contributed by atoms with Gasteiger partial charge in [-0.15, -0.1) is 0 Å². The van der Waals surface area contributed by atoms with Crippen LogP contribution in [0.2, 0.25) is 0 Å². The van der Waals surface area contributed by atoms with Gasteiger partial charge in [0.1, 0.15) is 12.8 Å². The van der Waals surface area contributed by atoms with Crippen molar-refractivity contribution < 1.29 is 18.7 Å². The van der Waals surface area contributed by atoms with Crippen molar-refractivity contribution in [2.75, 3.05) is 13.2 Å². The van der Waals surface area contributed by atoms with Gasteiger partial charge in [0.15, 0.2) is 0 Å². The number of hydrogen-bond acceptors (Lipinski definition) is 5. The van der Waals surface area contributed by atoms with Gasteiger partial charge < -0.3 is 9.47 Å². The minimum Gasteiger partial charge on any atom is -0.464 e.